The Morgan fingerprint density at radius 3 is 2.00 bits per heavy atom. The van der Waals surface area contributed by atoms with Gasteiger partial charge in [-0.15, -0.1) is 24.0 Å². The fourth-order valence-corrected chi connectivity index (χ4v) is 0.568. The molecule has 74 valence electrons. The van der Waals surface area contributed by atoms with E-state index in [2.05, 4.69) is 26.1 Å². The summed E-state index contributed by atoms with van der Waals surface area (Å²) in [6, 6.07) is 0.654. The third-order valence-electron chi connectivity index (χ3n) is 1.08. The van der Waals surface area contributed by atoms with E-state index in [4.69, 9.17) is 0 Å². The Balaban J connectivity index is -0.0000000740. The van der Waals surface area contributed by atoms with Gasteiger partial charge in [-0.2, -0.15) is 0 Å². The first-order valence-electron chi connectivity index (χ1n) is 4.50. The maximum absolute atomic E-state index is 3.35. The summed E-state index contributed by atoms with van der Waals surface area (Å²) in [5.74, 6) is 0. The van der Waals surface area contributed by atoms with Gasteiger partial charge in [-0.1, -0.05) is 41.0 Å². The van der Waals surface area contributed by atoms with Crippen molar-refractivity contribution >= 4 is 24.0 Å². The van der Waals surface area contributed by atoms with Gasteiger partial charge in [0.2, 0.25) is 0 Å². The Morgan fingerprint density at radius 1 is 1.27 bits per heavy atom. The summed E-state index contributed by atoms with van der Waals surface area (Å²) in [5, 5.41) is 3.35. The van der Waals surface area contributed by atoms with E-state index in [1.54, 1.807) is 0 Å². The molecule has 0 unspecified atom stereocenters. The molecule has 0 aliphatic rings. The Labute approximate surface area is 90.8 Å². The van der Waals surface area contributed by atoms with E-state index in [0.717, 1.165) is 0 Å². The Hall–Kier alpha value is 0.690. The van der Waals surface area contributed by atoms with Crippen molar-refractivity contribution in [3.8, 4) is 0 Å². The lowest BCUT2D eigenvalue weighted by Crippen LogP contribution is -2.23. The minimum absolute atomic E-state index is 0. The van der Waals surface area contributed by atoms with Crippen molar-refractivity contribution < 1.29 is 1.43 Å². The van der Waals surface area contributed by atoms with Crippen LogP contribution < -0.4 is 5.32 Å². The number of hydrogen-bond acceptors (Lipinski definition) is 1. The molecule has 0 amide bonds. The number of unbranched alkanes of at least 4 members (excludes halogenated alkanes) is 1. The van der Waals surface area contributed by atoms with E-state index in [1.165, 1.54) is 19.4 Å². The van der Waals surface area contributed by atoms with Crippen molar-refractivity contribution in [3.05, 3.63) is 0 Å². The molecule has 2 heteroatoms. The maximum Gasteiger partial charge on any atom is 0.00103 e. The fourth-order valence-electron chi connectivity index (χ4n) is 0.568. The smallest absolute Gasteiger partial charge is 0.00103 e. The minimum atomic E-state index is 0. The average molecular weight is 275 g/mol. The average Bonchev–Trinajstić information content (AvgIpc) is 1.92. The zero-order chi connectivity index (χ0) is 8.41. The van der Waals surface area contributed by atoms with Crippen LogP contribution in [-0.4, -0.2) is 12.6 Å². The Bertz CT molecular complexity index is 51.8. The normalized spacial score (nSPS) is 8.18. The van der Waals surface area contributed by atoms with Crippen LogP contribution in [0.4, 0.5) is 0 Å². The van der Waals surface area contributed by atoms with E-state index in [0.29, 0.717) is 6.04 Å². The molecule has 0 saturated heterocycles. The third kappa shape index (κ3) is 24.9. The van der Waals surface area contributed by atoms with E-state index in [-0.39, 0.29) is 25.4 Å². The van der Waals surface area contributed by atoms with Gasteiger partial charge >= 0.3 is 0 Å². The molecule has 0 aromatic rings. The second-order valence-corrected chi connectivity index (χ2v) is 2.46. The topological polar surface area (TPSA) is 12.0 Å². The summed E-state index contributed by atoms with van der Waals surface area (Å²) in [4.78, 5) is 0. The lowest BCUT2D eigenvalue weighted by Gasteiger charge is -2.05. The van der Waals surface area contributed by atoms with Crippen LogP contribution in [0.2, 0.25) is 0 Å². The van der Waals surface area contributed by atoms with Crippen molar-refractivity contribution in [1.29, 1.82) is 0 Å². The molecule has 0 aromatic carbocycles. The van der Waals surface area contributed by atoms with E-state index < -0.39 is 0 Å². The van der Waals surface area contributed by atoms with Gasteiger partial charge in [0.15, 0.2) is 0 Å². The van der Waals surface area contributed by atoms with Gasteiger partial charge in [0.1, 0.15) is 0 Å². The highest BCUT2D eigenvalue weighted by Gasteiger charge is 1.87. The largest absolute Gasteiger partial charge is 0.315 e. The molecule has 1 nitrogen and oxygen atoms in total. The second kappa shape index (κ2) is 17.0. The molecule has 0 heterocycles. The summed E-state index contributed by atoms with van der Waals surface area (Å²) in [7, 11) is 0. The highest BCUT2D eigenvalue weighted by atomic mass is 127. The zero-order valence-corrected chi connectivity index (χ0v) is 10.9. The molecule has 0 atom stereocenters. The fraction of sp³-hybridized carbons (Fsp3) is 1.00. The molecule has 11 heavy (non-hydrogen) atoms. The van der Waals surface area contributed by atoms with Crippen LogP contribution in [-0.2, 0) is 0 Å². The van der Waals surface area contributed by atoms with Gasteiger partial charge in [-0.25, -0.2) is 0 Å². The lowest BCUT2D eigenvalue weighted by atomic mass is 10.3. The summed E-state index contributed by atoms with van der Waals surface area (Å²) in [6.07, 6.45) is 2.60. The summed E-state index contributed by atoms with van der Waals surface area (Å²) < 4.78 is 0. The summed E-state index contributed by atoms with van der Waals surface area (Å²) in [5.41, 5.74) is 0. The SMILES string of the molecule is CC.CCCCNC(C)C.I.[HH]. The van der Waals surface area contributed by atoms with Crippen LogP contribution in [0.25, 0.3) is 0 Å². The lowest BCUT2D eigenvalue weighted by molar-refractivity contribution is 0.566. The number of hydrogen-bond donors (Lipinski definition) is 1. The van der Waals surface area contributed by atoms with Crippen molar-refractivity contribution in [2.75, 3.05) is 6.54 Å². The van der Waals surface area contributed by atoms with Crippen LogP contribution >= 0.6 is 24.0 Å². The molecule has 0 saturated carbocycles. The van der Waals surface area contributed by atoms with Gasteiger partial charge in [-0.3, -0.25) is 0 Å². The predicted octanol–water partition coefficient (Wildman–Crippen LogP) is 3.67. The minimum Gasteiger partial charge on any atom is -0.315 e. The zero-order valence-electron chi connectivity index (χ0n) is 8.61. The molecule has 0 aliphatic carbocycles. The van der Waals surface area contributed by atoms with Crippen LogP contribution in [0, 0.1) is 0 Å². The molecule has 0 aliphatic heterocycles. The second-order valence-electron chi connectivity index (χ2n) is 2.46. The predicted molar refractivity (Wildman–Crippen MR) is 66.9 cm³/mol. The van der Waals surface area contributed by atoms with Crippen molar-refractivity contribution in [1.82, 2.24) is 5.32 Å². The standard InChI is InChI=1S/C7H17N.C2H6.HI.H2/c1-4-5-6-8-7(2)3;1-2;;/h7-8H,4-6H2,1-3H3;1-2H3;2*1H. The van der Waals surface area contributed by atoms with Crippen LogP contribution in [0.15, 0.2) is 0 Å². The van der Waals surface area contributed by atoms with E-state index in [1.807, 2.05) is 13.8 Å². The molecule has 0 spiro atoms. The quantitative estimate of drug-likeness (QED) is 0.609. The highest BCUT2D eigenvalue weighted by Crippen LogP contribution is 1.83. The molecular formula is C9H26IN. The first-order valence-corrected chi connectivity index (χ1v) is 4.50. The summed E-state index contributed by atoms with van der Waals surface area (Å²) in [6.45, 7) is 11.7. The molecule has 0 fully saturated rings. The van der Waals surface area contributed by atoms with Gasteiger partial charge < -0.3 is 5.32 Å². The van der Waals surface area contributed by atoms with Crippen LogP contribution in [0.5, 0.6) is 0 Å². The van der Waals surface area contributed by atoms with Crippen LogP contribution in [0.3, 0.4) is 0 Å². The Morgan fingerprint density at radius 2 is 1.73 bits per heavy atom. The van der Waals surface area contributed by atoms with E-state index in [9.17, 15) is 0 Å². The molecule has 0 bridgehead atoms. The van der Waals surface area contributed by atoms with Crippen molar-refractivity contribution in [2.24, 2.45) is 0 Å². The number of halogens is 1. The van der Waals surface area contributed by atoms with Gasteiger partial charge in [-0.05, 0) is 13.0 Å². The molecule has 1 N–H and O–H groups in total. The number of nitrogens with one attached hydrogen (secondary N) is 1. The van der Waals surface area contributed by atoms with Gasteiger partial charge in [0.05, 0.1) is 0 Å². The van der Waals surface area contributed by atoms with Gasteiger partial charge in [0.25, 0.3) is 0 Å². The molecule has 0 radical (unpaired) electrons. The first-order chi connectivity index (χ1) is 4.77. The van der Waals surface area contributed by atoms with Crippen molar-refractivity contribution in [3.63, 3.8) is 0 Å². The first kappa shape index (κ1) is 17.7. The molecule has 0 rings (SSSR count). The third-order valence-corrected chi connectivity index (χ3v) is 1.08. The highest BCUT2D eigenvalue weighted by molar-refractivity contribution is 14.0. The van der Waals surface area contributed by atoms with Crippen LogP contribution in [0.1, 0.15) is 48.9 Å². The summed E-state index contributed by atoms with van der Waals surface area (Å²) >= 11 is 0. The monoisotopic (exact) mass is 275 g/mol. The number of rotatable bonds is 4. The van der Waals surface area contributed by atoms with E-state index >= 15 is 0 Å². The Kier molecular flexibility index (Phi) is 27.3. The molecular weight excluding hydrogens is 249 g/mol. The van der Waals surface area contributed by atoms with Gasteiger partial charge in [0, 0.05) is 7.47 Å². The maximum atomic E-state index is 3.35. The molecule has 0 aromatic heterocycles. The van der Waals surface area contributed by atoms with Crippen molar-refractivity contribution in [2.45, 2.75) is 53.5 Å².